The average molecular weight is 353 g/mol. The molecular formula is C18H23N7O. The van der Waals surface area contributed by atoms with Crippen LogP contribution in [0, 0.1) is 13.8 Å². The van der Waals surface area contributed by atoms with Crippen LogP contribution in [0.15, 0.2) is 30.5 Å². The van der Waals surface area contributed by atoms with Crippen LogP contribution in [0.2, 0.25) is 0 Å². The number of anilines is 2. The summed E-state index contributed by atoms with van der Waals surface area (Å²) in [6.45, 7) is 7.53. The number of hydrogen-bond acceptors (Lipinski definition) is 6. The maximum atomic E-state index is 12.5. The number of nitrogens with zero attached hydrogens (tertiary/aromatic N) is 4. The molecular weight excluding hydrogens is 330 g/mol. The van der Waals surface area contributed by atoms with Gasteiger partial charge in [0.2, 0.25) is 0 Å². The largest absolute Gasteiger partial charge is 0.370 e. The van der Waals surface area contributed by atoms with Crippen LogP contribution in [-0.4, -0.2) is 44.9 Å². The van der Waals surface area contributed by atoms with Gasteiger partial charge in [0.15, 0.2) is 0 Å². The molecule has 8 nitrogen and oxygen atoms in total. The second-order valence-electron chi connectivity index (χ2n) is 5.87. The van der Waals surface area contributed by atoms with Gasteiger partial charge in [0, 0.05) is 31.9 Å². The molecule has 3 aromatic rings. The molecule has 3 heterocycles. The quantitative estimate of drug-likeness (QED) is 0.562. The molecule has 0 fully saturated rings. The molecule has 0 aliphatic heterocycles. The number of amides is 1. The number of nitrogens with one attached hydrogen (secondary N) is 3. The van der Waals surface area contributed by atoms with Crippen molar-refractivity contribution in [3.05, 3.63) is 47.7 Å². The van der Waals surface area contributed by atoms with E-state index in [1.807, 2.05) is 51.2 Å². The zero-order valence-electron chi connectivity index (χ0n) is 15.2. The highest BCUT2D eigenvalue weighted by atomic mass is 16.1. The topological polar surface area (TPSA) is 96.2 Å². The van der Waals surface area contributed by atoms with Gasteiger partial charge in [0.05, 0.1) is 5.69 Å². The zero-order chi connectivity index (χ0) is 18.5. The third-order valence-corrected chi connectivity index (χ3v) is 3.83. The summed E-state index contributed by atoms with van der Waals surface area (Å²) in [4.78, 5) is 25.6. The number of hydrogen-bond donors (Lipinski definition) is 3. The molecule has 3 rings (SSSR count). The number of carbonyl (C=O) groups excluding carboxylic acids is 1. The molecule has 0 unspecified atom stereocenters. The number of imidazole rings is 1. The third-order valence-electron chi connectivity index (χ3n) is 3.83. The molecule has 0 atom stereocenters. The summed E-state index contributed by atoms with van der Waals surface area (Å²) in [5.74, 6) is 2.06. The minimum absolute atomic E-state index is 0.143. The maximum absolute atomic E-state index is 12.5. The Morgan fingerprint density at radius 2 is 1.85 bits per heavy atom. The molecule has 0 saturated heterocycles. The fraction of sp³-hybridized carbons (Fsp3) is 0.333. The van der Waals surface area contributed by atoms with Gasteiger partial charge in [-0.1, -0.05) is 6.07 Å². The molecule has 0 aromatic carbocycles. The van der Waals surface area contributed by atoms with Crippen LogP contribution < -0.4 is 16.0 Å². The van der Waals surface area contributed by atoms with Crippen LogP contribution in [0.3, 0.4) is 0 Å². The number of fused-ring (bicyclic) bond motifs is 1. The SMILES string of the molecule is CCNc1cc(NCCNC(=O)c2c(C)nc3ccccn23)nc(C)n1. The number of carbonyl (C=O) groups is 1. The highest BCUT2D eigenvalue weighted by molar-refractivity contribution is 5.94. The van der Waals surface area contributed by atoms with Crippen molar-refractivity contribution in [1.82, 2.24) is 24.7 Å². The predicted octanol–water partition coefficient (Wildman–Crippen LogP) is 2.01. The van der Waals surface area contributed by atoms with E-state index in [0.29, 0.717) is 30.3 Å². The number of rotatable bonds is 7. The highest BCUT2D eigenvalue weighted by Crippen LogP contribution is 2.12. The van der Waals surface area contributed by atoms with Crippen LogP contribution in [0.5, 0.6) is 0 Å². The predicted molar refractivity (Wildman–Crippen MR) is 102 cm³/mol. The Kier molecular flexibility index (Phi) is 5.31. The van der Waals surface area contributed by atoms with E-state index < -0.39 is 0 Å². The van der Waals surface area contributed by atoms with E-state index in [1.54, 1.807) is 4.40 Å². The van der Waals surface area contributed by atoms with Crippen molar-refractivity contribution in [1.29, 1.82) is 0 Å². The van der Waals surface area contributed by atoms with E-state index in [4.69, 9.17) is 0 Å². The smallest absolute Gasteiger partial charge is 0.270 e. The molecule has 136 valence electrons. The highest BCUT2D eigenvalue weighted by Gasteiger charge is 2.15. The second kappa shape index (κ2) is 7.81. The maximum Gasteiger partial charge on any atom is 0.270 e. The average Bonchev–Trinajstić information content (AvgIpc) is 2.94. The molecule has 26 heavy (non-hydrogen) atoms. The minimum Gasteiger partial charge on any atom is -0.370 e. The van der Waals surface area contributed by atoms with Crippen molar-refractivity contribution in [3.8, 4) is 0 Å². The standard InChI is InChI=1S/C18H23N7O/c1-4-19-14-11-15(24-13(3)23-14)20-8-9-21-18(26)17-12(2)22-16-7-5-6-10-25(16)17/h5-7,10-11H,4,8-9H2,1-3H3,(H,21,26)(H2,19,20,23,24). The van der Waals surface area contributed by atoms with Gasteiger partial charge in [-0.05, 0) is 32.9 Å². The summed E-state index contributed by atoms with van der Waals surface area (Å²) in [5, 5.41) is 9.30. The molecule has 8 heteroatoms. The Bertz CT molecular complexity index is 919. The van der Waals surface area contributed by atoms with Crippen LogP contribution in [-0.2, 0) is 0 Å². The lowest BCUT2D eigenvalue weighted by Gasteiger charge is -2.10. The van der Waals surface area contributed by atoms with E-state index >= 15 is 0 Å². The van der Waals surface area contributed by atoms with Gasteiger partial charge in [-0.2, -0.15) is 0 Å². The lowest BCUT2D eigenvalue weighted by Crippen LogP contribution is -2.30. The van der Waals surface area contributed by atoms with Crippen LogP contribution >= 0.6 is 0 Å². The van der Waals surface area contributed by atoms with Gasteiger partial charge in [-0.15, -0.1) is 0 Å². The van der Waals surface area contributed by atoms with Gasteiger partial charge < -0.3 is 16.0 Å². The number of aryl methyl sites for hydroxylation is 2. The first kappa shape index (κ1) is 17.7. The van der Waals surface area contributed by atoms with Gasteiger partial charge >= 0.3 is 0 Å². The van der Waals surface area contributed by atoms with E-state index in [1.165, 1.54) is 0 Å². The fourth-order valence-electron chi connectivity index (χ4n) is 2.77. The summed E-state index contributed by atoms with van der Waals surface area (Å²) in [6, 6.07) is 7.52. The molecule has 3 N–H and O–H groups in total. The van der Waals surface area contributed by atoms with Crippen LogP contribution in [0.4, 0.5) is 11.6 Å². The Hall–Kier alpha value is -3.16. The Morgan fingerprint density at radius 3 is 2.62 bits per heavy atom. The van der Waals surface area contributed by atoms with E-state index in [0.717, 1.165) is 23.8 Å². The van der Waals surface area contributed by atoms with Gasteiger partial charge in [0.1, 0.15) is 28.8 Å². The van der Waals surface area contributed by atoms with Crippen molar-refractivity contribution >= 4 is 23.2 Å². The van der Waals surface area contributed by atoms with E-state index in [9.17, 15) is 4.79 Å². The zero-order valence-corrected chi connectivity index (χ0v) is 15.2. The minimum atomic E-state index is -0.143. The number of pyridine rings is 1. The molecule has 1 amide bonds. The fourth-order valence-corrected chi connectivity index (χ4v) is 2.77. The molecule has 0 radical (unpaired) electrons. The van der Waals surface area contributed by atoms with Gasteiger partial charge in [-0.3, -0.25) is 9.20 Å². The normalized spacial score (nSPS) is 10.7. The summed E-state index contributed by atoms with van der Waals surface area (Å²) in [7, 11) is 0. The first-order valence-electron chi connectivity index (χ1n) is 8.63. The Balaban J connectivity index is 1.58. The molecule has 0 aliphatic carbocycles. The van der Waals surface area contributed by atoms with Crippen LogP contribution in [0.1, 0.15) is 28.9 Å². The molecule has 0 aliphatic rings. The van der Waals surface area contributed by atoms with Gasteiger partial charge in [0.25, 0.3) is 5.91 Å². The van der Waals surface area contributed by atoms with Crippen molar-refractivity contribution in [3.63, 3.8) is 0 Å². The first-order chi connectivity index (χ1) is 12.6. The Morgan fingerprint density at radius 1 is 1.08 bits per heavy atom. The molecule has 0 bridgehead atoms. The monoisotopic (exact) mass is 353 g/mol. The molecule has 0 spiro atoms. The van der Waals surface area contributed by atoms with Crippen LogP contribution in [0.25, 0.3) is 5.65 Å². The molecule has 0 saturated carbocycles. The van der Waals surface area contributed by atoms with Crippen molar-refractivity contribution in [2.45, 2.75) is 20.8 Å². The summed E-state index contributed by atoms with van der Waals surface area (Å²) in [5.41, 5.74) is 2.04. The Labute approximate surface area is 152 Å². The third kappa shape index (κ3) is 3.90. The first-order valence-corrected chi connectivity index (χ1v) is 8.63. The second-order valence-corrected chi connectivity index (χ2v) is 5.87. The summed E-state index contributed by atoms with van der Waals surface area (Å²) in [6.07, 6.45) is 1.84. The summed E-state index contributed by atoms with van der Waals surface area (Å²) >= 11 is 0. The van der Waals surface area contributed by atoms with Crippen molar-refractivity contribution < 1.29 is 4.79 Å². The molecule has 3 aromatic heterocycles. The van der Waals surface area contributed by atoms with Crippen molar-refractivity contribution in [2.24, 2.45) is 0 Å². The summed E-state index contributed by atoms with van der Waals surface area (Å²) < 4.78 is 1.80. The van der Waals surface area contributed by atoms with E-state index in [2.05, 4.69) is 30.9 Å². The number of aromatic nitrogens is 4. The lowest BCUT2D eigenvalue weighted by atomic mass is 10.3. The van der Waals surface area contributed by atoms with Crippen molar-refractivity contribution in [2.75, 3.05) is 30.3 Å². The van der Waals surface area contributed by atoms with Gasteiger partial charge in [-0.25, -0.2) is 15.0 Å². The van der Waals surface area contributed by atoms with E-state index in [-0.39, 0.29) is 5.91 Å². The lowest BCUT2D eigenvalue weighted by molar-refractivity contribution is 0.0948.